The first-order valence-corrected chi connectivity index (χ1v) is 12.5. The summed E-state index contributed by atoms with van der Waals surface area (Å²) in [6.07, 6.45) is 3.79. The molecule has 0 atom stereocenters. The maximum absolute atomic E-state index is 9.33. The zero-order valence-corrected chi connectivity index (χ0v) is 20.7. The van der Waals surface area contributed by atoms with Crippen molar-refractivity contribution in [2.75, 3.05) is 0 Å². The maximum Gasteiger partial charge on any atom is 0.0991 e. The highest BCUT2D eigenvalue weighted by molar-refractivity contribution is 6.03. The van der Waals surface area contributed by atoms with Gasteiger partial charge in [0.05, 0.1) is 22.7 Å². The van der Waals surface area contributed by atoms with Gasteiger partial charge in [0, 0.05) is 34.1 Å². The molecule has 174 valence electrons. The van der Waals surface area contributed by atoms with Crippen LogP contribution in [-0.2, 0) is 5.41 Å². The lowest BCUT2D eigenvalue weighted by Crippen LogP contribution is -2.15. The molecule has 37 heavy (non-hydrogen) atoms. The van der Waals surface area contributed by atoms with Gasteiger partial charge in [-0.25, -0.2) is 0 Å². The van der Waals surface area contributed by atoms with Gasteiger partial charge in [-0.2, -0.15) is 5.26 Å². The van der Waals surface area contributed by atoms with E-state index >= 15 is 0 Å². The molecule has 0 unspecified atom stereocenters. The highest BCUT2D eigenvalue weighted by atomic mass is 14.7. The molecule has 7 rings (SSSR count). The second-order valence-corrected chi connectivity index (χ2v) is 10.3. The molecular formula is C34H23N3. The van der Waals surface area contributed by atoms with Crippen LogP contribution >= 0.6 is 0 Å². The number of hydrogen-bond donors (Lipinski definition) is 0. The molecule has 0 saturated heterocycles. The van der Waals surface area contributed by atoms with Crippen molar-refractivity contribution in [3.63, 3.8) is 0 Å². The predicted octanol–water partition coefficient (Wildman–Crippen LogP) is 8.29. The smallest absolute Gasteiger partial charge is 0.0991 e. The quantitative estimate of drug-likeness (QED) is 0.238. The van der Waals surface area contributed by atoms with E-state index in [4.69, 9.17) is 4.98 Å². The monoisotopic (exact) mass is 473 g/mol. The van der Waals surface area contributed by atoms with Crippen molar-refractivity contribution in [1.82, 2.24) is 9.97 Å². The average molecular weight is 474 g/mol. The highest BCUT2D eigenvalue weighted by Gasteiger charge is 2.35. The lowest BCUT2D eigenvalue weighted by Gasteiger charge is -2.22. The summed E-state index contributed by atoms with van der Waals surface area (Å²) in [5, 5.41) is 11.5. The van der Waals surface area contributed by atoms with Crippen LogP contribution in [0.5, 0.6) is 0 Å². The summed E-state index contributed by atoms with van der Waals surface area (Å²) in [5.41, 5.74) is 12.1. The third-order valence-electron chi connectivity index (χ3n) is 7.76. The second-order valence-electron chi connectivity index (χ2n) is 10.3. The van der Waals surface area contributed by atoms with E-state index in [0.717, 1.165) is 44.1 Å². The fourth-order valence-electron chi connectivity index (χ4n) is 5.76. The predicted molar refractivity (Wildman–Crippen MR) is 150 cm³/mol. The molecule has 0 saturated carbocycles. The first kappa shape index (κ1) is 21.5. The van der Waals surface area contributed by atoms with Gasteiger partial charge < -0.3 is 0 Å². The Bertz CT molecular complexity index is 1920. The van der Waals surface area contributed by atoms with Crippen LogP contribution in [0.15, 0.2) is 103 Å². The molecule has 0 fully saturated rings. The third-order valence-corrected chi connectivity index (χ3v) is 7.76. The van der Waals surface area contributed by atoms with Gasteiger partial charge in [-0.3, -0.25) is 9.97 Å². The molecule has 3 heteroatoms. The van der Waals surface area contributed by atoms with E-state index in [9.17, 15) is 5.26 Å². The second kappa shape index (κ2) is 7.85. The molecule has 0 radical (unpaired) electrons. The van der Waals surface area contributed by atoms with E-state index in [1.807, 2.05) is 36.7 Å². The van der Waals surface area contributed by atoms with Gasteiger partial charge in [-0.05, 0) is 75.3 Å². The first-order chi connectivity index (χ1) is 18.0. The number of fused-ring (bicyclic) bond motifs is 6. The Morgan fingerprint density at radius 2 is 1.30 bits per heavy atom. The molecule has 1 aliphatic carbocycles. The molecule has 2 aromatic heterocycles. The number of benzene rings is 4. The van der Waals surface area contributed by atoms with Crippen molar-refractivity contribution < 1.29 is 0 Å². The van der Waals surface area contributed by atoms with Gasteiger partial charge in [0.25, 0.3) is 0 Å². The van der Waals surface area contributed by atoms with Crippen molar-refractivity contribution in [2.45, 2.75) is 19.3 Å². The molecule has 3 nitrogen and oxygen atoms in total. The summed E-state index contributed by atoms with van der Waals surface area (Å²) in [5.74, 6) is 0. The van der Waals surface area contributed by atoms with Crippen LogP contribution in [-0.4, -0.2) is 9.97 Å². The minimum atomic E-state index is -0.145. The van der Waals surface area contributed by atoms with Crippen LogP contribution in [0.25, 0.3) is 55.2 Å². The first-order valence-electron chi connectivity index (χ1n) is 12.5. The minimum Gasteiger partial charge on any atom is -0.254 e. The molecule has 1 aliphatic rings. The van der Waals surface area contributed by atoms with Gasteiger partial charge >= 0.3 is 0 Å². The number of rotatable bonds is 2. The lowest BCUT2D eigenvalue weighted by molar-refractivity contribution is 0.661. The molecule has 0 amide bonds. The Balaban J connectivity index is 1.32. The zero-order chi connectivity index (χ0) is 25.1. The molecule has 0 aliphatic heterocycles. The summed E-state index contributed by atoms with van der Waals surface area (Å²) in [6.45, 7) is 4.60. The van der Waals surface area contributed by atoms with Crippen LogP contribution in [0.3, 0.4) is 0 Å². The number of aromatic nitrogens is 2. The lowest BCUT2D eigenvalue weighted by atomic mass is 9.81. The van der Waals surface area contributed by atoms with Gasteiger partial charge in [-0.15, -0.1) is 0 Å². The topological polar surface area (TPSA) is 49.6 Å². The summed E-state index contributed by atoms with van der Waals surface area (Å²) >= 11 is 0. The molecule has 2 heterocycles. The fourth-order valence-corrected chi connectivity index (χ4v) is 5.76. The maximum atomic E-state index is 9.33. The number of nitrogens with zero attached hydrogens (tertiary/aromatic N) is 3. The largest absolute Gasteiger partial charge is 0.254 e. The van der Waals surface area contributed by atoms with Crippen molar-refractivity contribution in [3.8, 4) is 39.4 Å². The third kappa shape index (κ3) is 3.27. The fraction of sp³-hybridized carbons (Fsp3) is 0.0882. The van der Waals surface area contributed by atoms with E-state index in [2.05, 4.69) is 91.6 Å². The normalized spacial score (nSPS) is 13.3. The van der Waals surface area contributed by atoms with E-state index in [1.54, 1.807) is 0 Å². The summed E-state index contributed by atoms with van der Waals surface area (Å²) in [6, 6.07) is 34.0. The van der Waals surface area contributed by atoms with Crippen molar-refractivity contribution in [2.24, 2.45) is 0 Å². The Labute approximate surface area is 215 Å². The van der Waals surface area contributed by atoms with Crippen LogP contribution in [0, 0.1) is 11.3 Å². The highest BCUT2D eigenvalue weighted by Crippen LogP contribution is 2.50. The Kier molecular flexibility index (Phi) is 4.55. The van der Waals surface area contributed by atoms with E-state index < -0.39 is 0 Å². The van der Waals surface area contributed by atoms with Crippen LogP contribution in [0.1, 0.15) is 30.5 Å². The number of nitriles is 1. The molecule has 0 bridgehead atoms. The molecule has 0 spiro atoms. The Morgan fingerprint density at radius 1 is 0.622 bits per heavy atom. The van der Waals surface area contributed by atoms with Gasteiger partial charge in [0.15, 0.2) is 0 Å². The summed E-state index contributed by atoms with van der Waals surface area (Å²) in [7, 11) is 0. The van der Waals surface area contributed by atoms with Crippen LogP contribution in [0.2, 0.25) is 0 Å². The molecular weight excluding hydrogens is 450 g/mol. The SMILES string of the molecule is CC1(C)c2cc(-c3cccc(C#N)c3)ccc2-c2ccc(-c3cnc4c(ccc5cccnc54)c3)cc21. The van der Waals surface area contributed by atoms with Gasteiger partial charge in [0.2, 0.25) is 0 Å². The number of hydrogen-bond acceptors (Lipinski definition) is 3. The summed E-state index contributed by atoms with van der Waals surface area (Å²) in [4.78, 5) is 9.39. The van der Waals surface area contributed by atoms with Gasteiger partial charge in [-0.1, -0.05) is 68.4 Å². The van der Waals surface area contributed by atoms with Crippen molar-refractivity contribution in [3.05, 3.63) is 120 Å². The molecule has 0 N–H and O–H groups in total. The standard InChI is InChI=1S/C34H23N3/c1-34(2)30-17-24(23-6-3-5-21(15-23)19-35)10-12-28(30)29-13-11-25(18-31(29)34)27-16-26-9-8-22-7-4-14-36-32(22)33(26)37-20-27/h3-18,20H,1-2H3. The average Bonchev–Trinajstić information content (AvgIpc) is 3.18. The van der Waals surface area contributed by atoms with E-state index in [0.29, 0.717) is 5.56 Å². The molecule has 6 aromatic rings. The van der Waals surface area contributed by atoms with Crippen LogP contribution in [0.4, 0.5) is 0 Å². The zero-order valence-electron chi connectivity index (χ0n) is 20.7. The number of pyridine rings is 2. The summed E-state index contributed by atoms with van der Waals surface area (Å²) < 4.78 is 0. The Hall–Kier alpha value is -4.81. The minimum absolute atomic E-state index is 0.145. The molecule has 4 aromatic carbocycles. The van der Waals surface area contributed by atoms with Gasteiger partial charge in [0.1, 0.15) is 0 Å². The Morgan fingerprint density at radius 3 is 2.05 bits per heavy atom. The van der Waals surface area contributed by atoms with Crippen LogP contribution < -0.4 is 0 Å². The van der Waals surface area contributed by atoms with E-state index in [1.165, 1.54) is 22.3 Å². The van der Waals surface area contributed by atoms with Crippen molar-refractivity contribution in [1.29, 1.82) is 5.26 Å². The van der Waals surface area contributed by atoms with E-state index in [-0.39, 0.29) is 5.41 Å². The van der Waals surface area contributed by atoms with Crippen molar-refractivity contribution >= 4 is 21.8 Å².